The lowest BCUT2D eigenvalue weighted by Gasteiger charge is -2.01. The van der Waals surface area contributed by atoms with Crippen molar-refractivity contribution in [2.24, 2.45) is 5.73 Å². The molecule has 2 heterocycles. The van der Waals surface area contributed by atoms with Crippen molar-refractivity contribution in [3.8, 4) is 5.75 Å². The Hall–Kier alpha value is -2.17. The van der Waals surface area contributed by atoms with Gasteiger partial charge >= 0.3 is 0 Å². The van der Waals surface area contributed by atoms with Gasteiger partial charge in [0.1, 0.15) is 5.75 Å². The van der Waals surface area contributed by atoms with Gasteiger partial charge in [-0.3, -0.25) is 4.79 Å². The van der Waals surface area contributed by atoms with Gasteiger partial charge in [-0.15, -0.1) is 0 Å². The van der Waals surface area contributed by atoms with Crippen molar-refractivity contribution in [3.05, 3.63) is 30.1 Å². The molecule has 0 spiro atoms. The molecule has 5 heteroatoms. The highest BCUT2D eigenvalue weighted by Crippen LogP contribution is 2.19. The summed E-state index contributed by atoms with van der Waals surface area (Å²) in [6.07, 6.45) is 1.55. The summed E-state index contributed by atoms with van der Waals surface area (Å²) in [5, 5.41) is 10.0. The van der Waals surface area contributed by atoms with Gasteiger partial charge < -0.3 is 10.8 Å². The third-order valence-corrected chi connectivity index (χ3v) is 1.80. The molecule has 14 heavy (non-hydrogen) atoms. The van der Waals surface area contributed by atoms with Gasteiger partial charge in [0.05, 0.1) is 0 Å². The van der Waals surface area contributed by atoms with Gasteiger partial charge in [0.15, 0.2) is 11.3 Å². The molecule has 2 aromatic rings. The minimum absolute atomic E-state index is 0.156. The van der Waals surface area contributed by atoms with Crippen molar-refractivity contribution in [2.75, 3.05) is 0 Å². The van der Waals surface area contributed by atoms with Crippen molar-refractivity contribution < 1.29 is 9.90 Å². The first-order valence-corrected chi connectivity index (χ1v) is 3.93. The summed E-state index contributed by atoms with van der Waals surface area (Å²) in [5.41, 5.74) is 5.25. The summed E-state index contributed by atoms with van der Waals surface area (Å²) in [4.78, 5) is 18.6. The first-order chi connectivity index (χ1) is 6.68. The molecular weight excluding hydrogens is 182 g/mol. The zero-order valence-electron chi connectivity index (χ0n) is 7.14. The number of nitrogens with zero attached hydrogens (tertiary/aromatic N) is 2. The van der Waals surface area contributed by atoms with Crippen LogP contribution in [0.25, 0.3) is 11.0 Å². The van der Waals surface area contributed by atoms with E-state index in [9.17, 15) is 9.90 Å². The average Bonchev–Trinajstić information content (AvgIpc) is 2.16. The van der Waals surface area contributed by atoms with E-state index in [0.717, 1.165) is 0 Å². The number of pyridine rings is 2. The molecule has 0 aromatic carbocycles. The Morgan fingerprint density at radius 3 is 3.00 bits per heavy atom. The normalized spacial score (nSPS) is 10.3. The quantitative estimate of drug-likeness (QED) is 0.680. The molecule has 0 aliphatic heterocycles. The molecule has 5 nitrogen and oxygen atoms in total. The molecule has 0 fully saturated rings. The van der Waals surface area contributed by atoms with Crippen molar-refractivity contribution >= 4 is 16.9 Å². The third kappa shape index (κ3) is 1.24. The first kappa shape index (κ1) is 8.43. The van der Waals surface area contributed by atoms with E-state index in [1.165, 1.54) is 6.07 Å². The van der Waals surface area contributed by atoms with Crippen LogP contribution in [0.5, 0.6) is 5.75 Å². The number of carbonyl (C=O) groups excluding carboxylic acids is 1. The number of aromatic hydroxyl groups is 1. The lowest BCUT2D eigenvalue weighted by molar-refractivity contribution is 0.0993. The zero-order valence-corrected chi connectivity index (χ0v) is 7.14. The highest BCUT2D eigenvalue weighted by atomic mass is 16.3. The zero-order chi connectivity index (χ0) is 10.1. The van der Waals surface area contributed by atoms with Crippen LogP contribution in [-0.2, 0) is 0 Å². The van der Waals surface area contributed by atoms with E-state index in [1.54, 1.807) is 18.3 Å². The van der Waals surface area contributed by atoms with Crippen LogP contribution in [0, 0.1) is 0 Å². The van der Waals surface area contributed by atoms with E-state index >= 15 is 0 Å². The van der Waals surface area contributed by atoms with Gasteiger partial charge in [0.25, 0.3) is 5.91 Å². The number of hydrogen-bond donors (Lipinski definition) is 2. The maximum Gasteiger partial charge on any atom is 0.271 e. The number of primary amides is 1. The highest BCUT2D eigenvalue weighted by Gasteiger charge is 2.10. The molecule has 3 N–H and O–H groups in total. The topological polar surface area (TPSA) is 89.1 Å². The second kappa shape index (κ2) is 2.95. The maximum absolute atomic E-state index is 10.8. The van der Waals surface area contributed by atoms with Crippen LogP contribution >= 0.6 is 0 Å². The van der Waals surface area contributed by atoms with Gasteiger partial charge in [-0.25, -0.2) is 9.97 Å². The Balaban J connectivity index is 2.77. The van der Waals surface area contributed by atoms with Gasteiger partial charge in [-0.2, -0.15) is 0 Å². The summed E-state index contributed by atoms with van der Waals surface area (Å²) < 4.78 is 0. The first-order valence-electron chi connectivity index (χ1n) is 3.93. The molecule has 2 aromatic heterocycles. The van der Waals surface area contributed by atoms with E-state index in [4.69, 9.17) is 5.73 Å². The predicted molar refractivity (Wildman–Crippen MR) is 49.7 cm³/mol. The Morgan fingerprint density at radius 2 is 2.29 bits per heavy atom. The second-order valence-electron chi connectivity index (χ2n) is 2.77. The summed E-state index contributed by atoms with van der Waals surface area (Å²) in [7, 11) is 0. The number of carbonyl (C=O) groups is 1. The maximum atomic E-state index is 10.8. The van der Waals surface area contributed by atoms with Crippen LogP contribution < -0.4 is 5.73 Å². The number of nitrogens with two attached hydrogens (primary N) is 1. The van der Waals surface area contributed by atoms with Gasteiger partial charge in [-0.05, 0) is 18.2 Å². The van der Waals surface area contributed by atoms with Crippen LogP contribution in [0.1, 0.15) is 10.5 Å². The molecule has 0 radical (unpaired) electrons. The van der Waals surface area contributed by atoms with E-state index in [-0.39, 0.29) is 11.4 Å². The molecule has 0 atom stereocenters. The third-order valence-electron chi connectivity index (χ3n) is 1.80. The molecular formula is C9H7N3O2. The van der Waals surface area contributed by atoms with Crippen molar-refractivity contribution in [2.45, 2.75) is 0 Å². The van der Waals surface area contributed by atoms with Gasteiger partial charge in [0, 0.05) is 11.6 Å². The Morgan fingerprint density at radius 1 is 1.50 bits per heavy atom. The van der Waals surface area contributed by atoms with Crippen LogP contribution in [0.2, 0.25) is 0 Å². The summed E-state index contributed by atoms with van der Waals surface area (Å²) in [5.74, 6) is -0.993. The Bertz CT molecular complexity index is 510. The fraction of sp³-hybridized carbons (Fsp3) is 0. The number of fused-ring (bicyclic) bond motifs is 1. The standard InChI is InChI=1S/C9H7N3O2/c10-8(14)7-6(13)4-5-2-1-3-11-9(5)12-7/h1-4,13H,(H2,10,14). The predicted octanol–water partition coefficient (Wildman–Crippen LogP) is 0.434. The summed E-state index contributed by atoms with van der Waals surface area (Å²) in [6.45, 7) is 0. The largest absolute Gasteiger partial charge is 0.505 e. The van der Waals surface area contributed by atoms with Gasteiger partial charge in [-0.1, -0.05) is 0 Å². The molecule has 0 saturated carbocycles. The van der Waals surface area contributed by atoms with Crippen molar-refractivity contribution in [1.29, 1.82) is 0 Å². The molecule has 0 aliphatic rings. The second-order valence-corrected chi connectivity index (χ2v) is 2.77. The van der Waals surface area contributed by atoms with Crippen LogP contribution in [0.3, 0.4) is 0 Å². The monoisotopic (exact) mass is 189 g/mol. The van der Waals surface area contributed by atoms with Crippen molar-refractivity contribution in [3.63, 3.8) is 0 Å². The van der Waals surface area contributed by atoms with Crippen LogP contribution in [0.15, 0.2) is 24.4 Å². The molecule has 0 unspecified atom stereocenters. The molecule has 1 amide bonds. The summed E-state index contributed by atoms with van der Waals surface area (Å²) in [6, 6.07) is 4.86. The lowest BCUT2D eigenvalue weighted by Crippen LogP contribution is -2.13. The number of amides is 1. The SMILES string of the molecule is NC(=O)c1nc2ncccc2cc1O. The average molecular weight is 189 g/mol. The molecule has 2 rings (SSSR count). The van der Waals surface area contributed by atoms with Crippen molar-refractivity contribution in [1.82, 2.24) is 9.97 Å². The lowest BCUT2D eigenvalue weighted by atomic mass is 10.2. The van der Waals surface area contributed by atoms with Gasteiger partial charge in [0.2, 0.25) is 0 Å². The molecule has 0 bridgehead atoms. The molecule has 0 saturated heterocycles. The Kier molecular flexibility index (Phi) is 1.78. The number of hydrogen-bond acceptors (Lipinski definition) is 4. The van der Waals surface area contributed by atoms with E-state index in [1.807, 2.05) is 0 Å². The highest BCUT2D eigenvalue weighted by molar-refractivity contribution is 5.96. The van der Waals surface area contributed by atoms with E-state index < -0.39 is 5.91 Å². The smallest absolute Gasteiger partial charge is 0.271 e. The molecule has 0 aliphatic carbocycles. The minimum atomic E-state index is -0.768. The summed E-state index contributed by atoms with van der Waals surface area (Å²) >= 11 is 0. The van der Waals surface area contributed by atoms with Crippen LogP contribution in [-0.4, -0.2) is 21.0 Å². The Labute approximate surface area is 79.2 Å². The minimum Gasteiger partial charge on any atom is -0.505 e. The van der Waals surface area contributed by atoms with E-state index in [0.29, 0.717) is 11.0 Å². The van der Waals surface area contributed by atoms with E-state index in [2.05, 4.69) is 9.97 Å². The fourth-order valence-electron chi connectivity index (χ4n) is 1.18. The fourth-order valence-corrected chi connectivity index (χ4v) is 1.18. The molecule has 70 valence electrons. The van der Waals surface area contributed by atoms with Crippen LogP contribution in [0.4, 0.5) is 0 Å². The number of aromatic nitrogens is 2. The number of rotatable bonds is 1.